The molecular formula is C21H28N2O. The molecule has 3 N–H and O–H groups in total. The van der Waals surface area contributed by atoms with Gasteiger partial charge in [0.05, 0.1) is 7.11 Å². The minimum atomic E-state index is 0.0967. The Morgan fingerprint density at radius 3 is 2.50 bits per heavy atom. The van der Waals surface area contributed by atoms with Crippen LogP contribution in [0.3, 0.4) is 0 Å². The number of nitrogens with two attached hydrogens (primary N) is 1. The van der Waals surface area contributed by atoms with Crippen molar-refractivity contribution in [3.8, 4) is 5.75 Å². The fraction of sp³-hybridized carbons (Fsp3) is 0.429. The second kappa shape index (κ2) is 7.82. The highest BCUT2D eigenvalue weighted by atomic mass is 16.5. The standard InChI is InChI=1S/C21H28N2O/c1-24-20-9-5-8-18(14-20)21(16-22)12-10-19(11-13-21)23-15-17-6-3-2-4-7-17/h2-9,14,19,23H,10-13,15-16,22H2,1H3. The maximum absolute atomic E-state index is 6.21. The van der Waals surface area contributed by atoms with Crippen molar-refractivity contribution < 1.29 is 4.74 Å². The molecule has 3 rings (SSSR count). The Bertz CT molecular complexity index is 633. The second-order valence-corrected chi connectivity index (χ2v) is 6.86. The first kappa shape index (κ1) is 17.0. The number of benzene rings is 2. The van der Waals surface area contributed by atoms with Crippen LogP contribution in [0.15, 0.2) is 54.6 Å². The molecule has 0 bridgehead atoms. The Morgan fingerprint density at radius 1 is 1.08 bits per heavy atom. The molecule has 2 aromatic rings. The number of nitrogens with one attached hydrogen (secondary N) is 1. The molecule has 2 aromatic carbocycles. The van der Waals surface area contributed by atoms with Gasteiger partial charge in [-0.25, -0.2) is 0 Å². The normalized spacial score (nSPS) is 23.8. The van der Waals surface area contributed by atoms with Crippen molar-refractivity contribution in [2.45, 2.75) is 43.7 Å². The van der Waals surface area contributed by atoms with Gasteiger partial charge in [-0.05, 0) is 48.9 Å². The monoisotopic (exact) mass is 324 g/mol. The first-order chi connectivity index (χ1) is 11.8. The molecule has 3 nitrogen and oxygen atoms in total. The summed E-state index contributed by atoms with van der Waals surface area (Å²) < 4.78 is 5.39. The van der Waals surface area contributed by atoms with Crippen molar-refractivity contribution in [1.82, 2.24) is 5.32 Å². The summed E-state index contributed by atoms with van der Waals surface area (Å²) in [5.41, 5.74) is 8.98. The first-order valence-electron chi connectivity index (χ1n) is 8.88. The van der Waals surface area contributed by atoms with Crippen LogP contribution in [0.1, 0.15) is 36.8 Å². The molecule has 3 heteroatoms. The lowest BCUT2D eigenvalue weighted by atomic mass is 9.68. The van der Waals surface area contributed by atoms with E-state index in [1.165, 1.54) is 24.0 Å². The van der Waals surface area contributed by atoms with Crippen molar-refractivity contribution in [2.75, 3.05) is 13.7 Å². The minimum Gasteiger partial charge on any atom is -0.497 e. The van der Waals surface area contributed by atoms with Crippen LogP contribution in [-0.2, 0) is 12.0 Å². The largest absolute Gasteiger partial charge is 0.497 e. The maximum atomic E-state index is 6.21. The zero-order valence-corrected chi connectivity index (χ0v) is 14.5. The van der Waals surface area contributed by atoms with E-state index in [1.54, 1.807) is 7.11 Å². The summed E-state index contributed by atoms with van der Waals surface area (Å²) in [6.45, 7) is 1.64. The summed E-state index contributed by atoms with van der Waals surface area (Å²) in [4.78, 5) is 0. The molecule has 0 spiro atoms. The van der Waals surface area contributed by atoms with Gasteiger partial charge in [0, 0.05) is 24.5 Å². The molecule has 0 aliphatic heterocycles. The van der Waals surface area contributed by atoms with E-state index in [2.05, 4.69) is 53.8 Å². The van der Waals surface area contributed by atoms with Crippen LogP contribution < -0.4 is 15.8 Å². The number of hydrogen-bond donors (Lipinski definition) is 2. The molecule has 0 amide bonds. The summed E-state index contributed by atoms with van der Waals surface area (Å²) >= 11 is 0. The van der Waals surface area contributed by atoms with Crippen LogP contribution in [0.4, 0.5) is 0 Å². The van der Waals surface area contributed by atoms with E-state index in [0.717, 1.165) is 25.1 Å². The zero-order valence-electron chi connectivity index (χ0n) is 14.5. The molecule has 0 saturated heterocycles. The Morgan fingerprint density at radius 2 is 1.83 bits per heavy atom. The van der Waals surface area contributed by atoms with Crippen molar-refractivity contribution in [3.05, 3.63) is 65.7 Å². The SMILES string of the molecule is COc1cccc(C2(CN)CCC(NCc3ccccc3)CC2)c1. The average Bonchev–Trinajstić information content (AvgIpc) is 2.67. The Balaban J connectivity index is 1.61. The van der Waals surface area contributed by atoms with Gasteiger partial charge in [-0.3, -0.25) is 0 Å². The fourth-order valence-corrected chi connectivity index (χ4v) is 3.80. The number of ether oxygens (including phenoxy) is 1. The van der Waals surface area contributed by atoms with Gasteiger partial charge in [0.2, 0.25) is 0 Å². The molecule has 128 valence electrons. The van der Waals surface area contributed by atoms with Crippen LogP contribution in [0.2, 0.25) is 0 Å². The maximum Gasteiger partial charge on any atom is 0.119 e. The highest BCUT2D eigenvalue weighted by molar-refractivity contribution is 5.35. The third-order valence-electron chi connectivity index (χ3n) is 5.45. The third-order valence-corrected chi connectivity index (χ3v) is 5.45. The zero-order chi connectivity index (χ0) is 16.8. The van der Waals surface area contributed by atoms with Gasteiger partial charge in [0.25, 0.3) is 0 Å². The third kappa shape index (κ3) is 3.80. The van der Waals surface area contributed by atoms with Gasteiger partial charge in [-0.2, -0.15) is 0 Å². The Labute approximate surface area is 145 Å². The van der Waals surface area contributed by atoms with E-state index in [1.807, 2.05) is 6.07 Å². The topological polar surface area (TPSA) is 47.3 Å². The smallest absolute Gasteiger partial charge is 0.119 e. The predicted molar refractivity (Wildman–Crippen MR) is 99.3 cm³/mol. The Kier molecular flexibility index (Phi) is 5.54. The first-order valence-corrected chi connectivity index (χ1v) is 8.88. The second-order valence-electron chi connectivity index (χ2n) is 6.86. The molecule has 0 radical (unpaired) electrons. The lowest BCUT2D eigenvalue weighted by molar-refractivity contribution is 0.250. The van der Waals surface area contributed by atoms with E-state index in [4.69, 9.17) is 10.5 Å². The van der Waals surface area contributed by atoms with Crippen LogP contribution >= 0.6 is 0 Å². The van der Waals surface area contributed by atoms with Gasteiger partial charge in [0.1, 0.15) is 5.75 Å². The highest BCUT2D eigenvalue weighted by Crippen LogP contribution is 2.39. The Hall–Kier alpha value is -1.84. The molecule has 0 heterocycles. The van der Waals surface area contributed by atoms with Gasteiger partial charge in [0.15, 0.2) is 0 Å². The van der Waals surface area contributed by atoms with Crippen molar-refractivity contribution in [2.24, 2.45) is 5.73 Å². The van der Waals surface area contributed by atoms with Gasteiger partial charge in [-0.1, -0.05) is 42.5 Å². The lowest BCUT2D eigenvalue weighted by Gasteiger charge is -2.40. The van der Waals surface area contributed by atoms with Crippen LogP contribution in [0.5, 0.6) is 5.75 Å². The van der Waals surface area contributed by atoms with Gasteiger partial charge >= 0.3 is 0 Å². The summed E-state index contributed by atoms with van der Waals surface area (Å²) in [6.07, 6.45) is 4.59. The van der Waals surface area contributed by atoms with Crippen molar-refractivity contribution in [1.29, 1.82) is 0 Å². The quantitative estimate of drug-likeness (QED) is 0.853. The van der Waals surface area contributed by atoms with E-state index >= 15 is 0 Å². The summed E-state index contributed by atoms with van der Waals surface area (Å²) in [5, 5.41) is 3.71. The highest BCUT2D eigenvalue weighted by Gasteiger charge is 2.35. The van der Waals surface area contributed by atoms with Crippen molar-refractivity contribution >= 4 is 0 Å². The molecular weight excluding hydrogens is 296 g/mol. The molecule has 0 atom stereocenters. The molecule has 1 saturated carbocycles. The molecule has 1 aliphatic carbocycles. The average molecular weight is 324 g/mol. The summed E-state index contributed by atoms with van der Waals surface area (Å²) in [6, 6.07) is 19.6. The predicted octanol–water partition coefficient (Wildman–Crippen LogP) is 3.62. The number of hydrogen-bond acceptors (Lipinski definition) is 3. The molecule has 24 heavy (non-hydrogen) atoms. The number of methoxy groups -OCH3 is 1. The van der Waals surface area contributed by atoms with E-state index in [0.29, 0.717) is 12.6 Å². The van der Waals surface area contributed by atoms with Crippen LogP contribution in [0.25, 0.3) is 0 Å². The summed E-state index contributed by atoms with van der Waals surface area (Å²) in [5.74, 6) is 0.921. The lowest BCUT2D eigenvalue weighted by Crippen LogP contribution is -2.43. The molecule has 1 fully saturated rings. The van der Waals surface area contributed by atoms with Crippen LogP contribution in [-0.4, -0.2) is 19.7 Å². The van der Waals surface area contributed by atoms with E-state index in [9.17, 15) is 0 Å². The molecule has 0 aromatic heterocycles. The van der Waals surface area contributed by atoms with Gasteiger partial charge in [-0.15, -0.1) is 0 Å². The molecule has 1 aliphatic rings. The summed E-state index contributed by atoms with van der Waals surface area (Å²) in [7, 11) is 1.72. The minimum absolute atomic E-state index is 0.0967. The molecule has 0 unspecified atom stereocenters. The van der Waals surface area contributed by atoms with Crippen molar-refractivity contribution in [3.63, 3.8) is 0 Å². The fourth-order valence-electron chi connectivity index (χ4n) is 3.80. The van der Waals surface area contributed by atoms with E-state index < -0.39 is 0 Å². The van der Waals surface area contributed by atoms with Gasteiger partial charge < -0.3 is 15.8 Å². The van der Waals surface area contributed by atoms with E-state index in [-0.39, 0.29) is 5.41 Å². The van der Waals surface area contributed by atoms with Crippen LogP contribution in [0, 0.1) is 0 Å². The number of rotatable bonds is 6.